The van der Waals surface area contributed by atoms with Gasteiger partial charge in [-0.1, -0.05) is 24.3 Å². The van der Waals surface area contributed by atoms with Crippen molar-refractivity contribution in [2.75, 3.05) is 12.9 Å². The molecule has 14 heavy (non-hydrogen) atoms. The number of hydrogen-bond acceptors (Lipinski definition) is 3. The van der Waals surface area contributed by atoms with E-state index in [1.54, 1.807) is 0 Å². The van der Waals surface area contributed by atoms with Gasteiger partial charge in [0.25, 0.3) is 10.1 Å². The largest absolute Gasteiger partial charge is 0.270 e. The number of rotatable bonds is 4. The second-order valence-corrected chi connectivity index (χ2v) is 4.85. The van der Waals surface area contributed by atoms with Gasteiger partial charge < -0.3 is 0 Å². The van der Waals surface area contributed by atoms with E-state index in [0.29, 0.717) is 6.42 Å². The summed E-state index contributed by atoms with van der Waals surface area (Å²) in [5.74, 6) is 0. The van der Waals surface area contributed by atoms with E-state index in [0.717, 1.165) is 17.4 Å². The number of hydrogen-bond donors (Lipinski definition) is 0. The molecule has 0 atom stereocenters. The van der Waals surface area contributed by atoms with Crippen molar-refractivity contribution in [3.8, 4) is 0 Å². The Morgan fingerprint density at radius 1 is 1.29 bits per heavy atom. The smallest absolute Gasteiger partial charge is 0.264 e. The van der Waals surface area contributed by atoms with Gasteiger partial charge in [0.15, 0.2) is 0 Å². The van der Waals surface area contributed by atoms with Crippen LogP contribution in [0.4, 0.5) is 0 Å². The normalized spacial score (nSPS) is 11.6. The standard InChI is InChI=1S/C10H14O3S/c1-9-5-3-4-6-10(9)7-8-13-14(2,11)12/h3-6H,7-8H2,1-2H3. The van der Waals surface area contributed by atoms with Crippen molar-refractivity contribution in [1.29, 1.82) is 0 Å². The summed E-state index contributed by atoms with van der Waals surface area (Å²) in [7, 11) is -3.31. The molecule has 0 unspecified atom stereocenters. The van der Waals surface area contributed by atoms with Crippen LogP contribution in [-0.4, -0.2) is 21.3 Å². The highest BCUT2D eigenvalue weighted by Gasteiger charge is 2.02. The predicted molar refractivity (Wildman–Crippen MR) is 55.7 cm³/mol. The van der Waals surface area contributed by atoms with Crippen LogP contribution < -0.4 is 0 Å². The monoisotopic (exact) mass is 214 g/mol. The first kappa shape index (κ1) is 11.2. The maximum absolute atomic E-state index is 10.7. The summed E-state index contributed by atoms with van der Waals surface area (Å²) in [6.45, 7) is 2.21. The third kappa shape index (κ3) is 3.89. The molecule has 3 nitrogen and oxygen atoms in total. The van der Waals surface area contributed by atoms with Crippen LogP contribution in [0.5, 0.6) is 0 Å². The van der Waals surface area contributed by atoms with Gasteiger partial charge in [-0.25, -0.2) is 0 Å². The fourth-order valence-electron chi connectivity index (χ4n) is 1.19. The van der Waals surface area contributed by atoms with Crippen molar-refractivity contribution in [2.24, 2.45) is 0 Å². The Kier molecular flexibility index (Phi) is 3.66. The summed E-state index contributed by atoms with van der Waals surface area (Å²) < 4.78 is 26.0. The molecule has 0 bridgehead atoms. The zero-order chi connectivity index (χ0) is 10.6. The first-order valence-corrected chi connectivity index (χ1v) is 6.19. The van der Waals surface area contributed by atoms with Gasteiger partial charge in [-0.15, -0.1) is 0 Å². The van der Waals surface area contributed by atoms with Crippen LogP contribution in [-0.2, 0) is 20.7 Å². The van der Waals surface area contributed by atoms with Crippen molar-refractivity contribution in [3.05, 3.63) is 35.4 Å². The van der Waals surface area contributed by atoms with Gasteiger partial charge in [0.05, 0.1) is 12.9 Å². The van der Waals surface area contributed by atoms with Crippen molar-refractivity contribution in [3.63, 3.8) is 0 Å². The van der Waals surface area contributed by atoms with Gasteiger partial charge in [0.1, 0.15) is 0 Å². The summed E-state index contributed by atoms with van der Waals surface area (Å²) in [4.78, 5) is 0. The molecule has 0 radical (unpaired) electrons. The minimum absolute atomic E-state index is 0.212. The SMILES string of the molecule is Cc1ccccc1CCOS(C)(=O)=O. The van der Waals surface area contributed by atoms with E-state index in [1.807, 2.05) is 31.2 Å². The minimum atomic E-state index is -3.31. The third-order valence-electron chi connectivity index (χ3n) is 1.93. The second-order valence-electron chi connectivity index (χ2n) is 3.20. The van der Waals surface area contributed by atoms with Gasteiger partial charge >= 0.3 is 0 Å². The first-order chi connectivity index (χ1) is 6.49. The highest BCUT2D eigenvalue weighted by molar-refractivity contribution is 7.85. The van der Waals surface area contributed by atoms with E-state index in [4.69, 9.17) is 0 Å². The molecule has 0 saturated carbocycles. The Balaban J connectivity index is 2.51. The van der Waals surface area contributed by atoms with Crippen LogP contribution in [0.15, 0.2) is 24.3 Å². The van der Waals surface area contributed by atoms with Crippen molar-refractivity contribution >= 4 is 10.1 Å². The summed E-state index contributed by atoms with van der Waals surface area (Å²) in [5, 5.41) is 0. The molecule has 0 aliphatic heterocycles. The zero-order valence-electron chi connectivity index (χ0n) is 8.36. The van der Waals surface area contributed by atoms with Crippen LogP contribution in [0, 0.1) is 6.92 Å². The molecule has 4 heteroatoms. The molecule has 0 aromatic heterocycles. The molecule has 1 rings (SSSR count). The quantitative estimate of drug-likeness (QED) is 0.714. The van der Waals surface area contributed by atoms with Gasteiger partial charge in [0, 0.05) is 0 Å². The van der Waals surface area contributed by atoms with E-state index >= 15 is 0 Å². The molecule has 1 aromatic rings. The van der Waals surface area contributed by atoms with Crippen molar-refractivity contribution in [2.45, 2.75) is 13.3 Å². The first-order valence-electron chi connectivity index (χ1n) is 4.38. The summed E-state index contributed by atoms with van der Waals surface area (Å²) >= 11 is 0. The van der Waals surface area contributed by atoms with Crippen LogP contribution >= 0.6 is 0 Å². The van der Waals surface area contributed by atoms with Gasteiger partial charge in [0.2, 0.25) is 0 Å². The molecule has 0 aliphatic rings. The van der Waals surface area contributed by atoms with Crippen LogP contribution in [0.2, 0.25) is 0 Å². The lowest BCUT2D eigenvalue weighted by atomic mass is 10.1. The minimum Gasteiger partial charge on any atom is -0.270 e. The molecular formula is C10H14O3S. The maximum atomic E-state index is 10.7. The third-order valence-corrected chi connectivity index (χ3v) is 2.52. The molecule has 78 valence electrons. The fourth-order valence-corrected chi connectivity index (χ4v) is 1.58. The predicted octanol–water partition coefficient (Wildman–Crippen LogP) is 1.51. The number of benzene rings is 1. The summed E-state index contributed by atoms with van der Waals surface area (Å²) in [5.41, 5.74) is 2.28. The highest BCUT2D eigenvalue weighted by Crippen LogP contribution is 2.07. The van der Waals surface area contributed by atoms with E-state index in [9.17, 15) is 8.42 Å². The molecule has 1 aromatic carbocycles. The maximum Gasteiger partial charge on any atom is 0.264 e. The van der Waals surface area contributed by atoms with Crippen LogP contribution in [0.1, 0.15) is 11.1 Å². The molecule has 0 saturated heterocycles. The lowest BCUT2D eigenvalue weighted by Crippen LogP contribution is -2.06. The molecule has 0 N–H and O–H groups in total. The van der Waals surface area contributed by atoms with E-state index in [1.165, 1.54) is 0 Å². The zero-order valence-corrected chi connectivity index (χ0v) is 9.17. The van der Waals surface area contributed by atoms with E-state index < -0.39 is 10.1 Å². The molecule has 0 spiro atoms. The Hall–Kier alpha value is -0.870. The van der Waals surface area contributed by atoms with Gasteiger partial charge in [-0.2, -0.15) is 8.42 Å². The Morgan fingerprint density at radius 2 is 1.93 bits per heavy atom. The molecule has 0 amide bonds. The Bertz CT molecular complexity index is 396. The van der Waals surface area contributed by atoms with Crippen molar-refractivity contribution < 1.29 is 12.6 Å². The van der Waals surface area contributed by atoms with Gasteiger partial charge in [-0.3, -0.25) is 4.18 Å². The van der Waals surface area contributed by atoms with Crippen molar-refractivity contribution in [1.82, 2.24) is 0 Å². The lowest BCUT2D eigenvalue weighted by molar-refractivity contribution is 0.325. The van der Waals surface area contributed by atoms with Crippen LogP contribution in [0.3, 0.4) is 0 Å². The second kappa shape index (κ2) is 4.57. The molecule has 0 fully saturated rings. The average Bonchev–Trinajstić information content (AvgIpc) is 2.06. The molecule has 0 aliphatic carbocycles. The highest BCUT2D eigenvalue weighted by atomic mass is 32.2. The lowest BCUT2D eigenvalue weighted by Gasteiger charge is -2.04. The number of aryl methyl sites for hydroxylation is 1. The summed E-state index contributed by atoms with van der Waals surface area (Å²) in [6, 6.07) is 7.86. The fraction of sp³-hybridized carbons (Fsp3) is 0.400. The van der Waals surface area contributed by atoms with Crippen LogP contribution in [0.25, 0.3) is 0 Å². The Labute approximate surface area is 84.8 Å². The van der Waals surface area contributed by atoms with E-state index in [2.05, 4.69) is 4.18 Å². The average molecular weight is 214 g/mol. The van der Waals surface area contributed by atoms with Gasteiger partial charge in [-0.05, 0) is 24.5 Å². The Morgan fingerprint density at radius 3 is 2.50 bits per heavy atom. The summed E-state index contributed by atoms with van der Waals surface area (Å²) in [6.07, 6.45) is 1.69. The van der Waals surface area contributed by atoms with E-state index in [-0.39, 0.29) is 6.61 Å². The topological polar surface area (TPSA) is 43.4 Å². The molecule has 0 heterocycles. The molecular weight excluding hydrogens is 200 g/mol.